The quantitative estimate of drug-likeness (QED) is 0.624. The van der Waals surface area contributed by atoms with Gasteiger partial charge in [-0.25, -0.2) is 9.59 Å². The second kappa shape index (κ2) is 6.19. The van der Waals surface area contributed by atoms with Crippen LogP contribution in [0.4, 0.5) is 15.3 Å². The number of para-hydroxylation sites is 1. The number of hydrogen-bond donors (Lipinski definition) is 2. The van der Waals surface area contributed by atoms with E-state index in [1.54, 1.807) is 0 Å². The maximum absolute atomic E-state index is 11.1. The minimum atomic E-state index is -0.875. The largest absolute Gasteiger partial charge is 0.412 e. The number of hydrogen-bond acceptors (Lipinski definition) is 6. The molecule has 0 saturated heterocycles. The third-order valence-electron chi connectivity index (χ3n) is 1.96. The Hall–Kier alpha value is -2.84. The summed E-state index contributed by atoms with van der Waals surface area (Å²) in [5, 5.41) is 15.3. The van der Waals surface area contributed by atoms with Crippen LogP contribution in [0.25, 0.3) is 0 Å². The lowest BCUT2D eigenvalue weighted by atomic mass is 10.2. The normalized spacial score (nSPS) is 9.37. The Balaban J connectivity index is 3.17. The summed E-state index contributed by atoms with van der Waals surface area (Å²) in [6, 6.07) is 3.78. The zero-order chi connectivity index (χ0) is 14.4. The summed E-state index contributed by atoms with van der Waals surface area (Å²) in [6.45, 7) is 0. The highest BCUT2D eigenvalue weighted by Gasteiger charge is 2.25. The van der Waals surface area contributed by atoms with Crippen molar-refractivity contribution in [1.82, 2.24) is 10.6 Å². The van der Waals surface area contributed by atoms with Crippen LogP contribution >= 0.6 is 0 Å². The average Bonchev–Trinajstić information content (AvgIpc) is 2.38. The van der Waals surface area contributed by atoms with Gasteiger partial charge in [0, 0.05) is 14.1 Å². The van der Waals surface area contributed by atoms with Crippen molar-refractivity contribution in [3.8, 4) is 11.5 Å². The van der Waals surface area contributed by atoms with Gasteiger partial charge in [0.25, 0.3) is 0 Å². The van der Waals surface area contributed by atoms with Crippen LogP contribution in [-0.4, -0.2) is 31.2 Å². The van der Waals surface area contributed by atoms with E-state index in [0.29, 0.717) is 0 Å². The standard InChI is InChI=1S/C10H11N3O6/c1-11-9(14)18-6-4-3-5-7(8(6)13(16)17)19-10(15)12-2/h3-5H,1-2H3,(H,11,14)(H,12,15). The molecule has 2 N–H and O–H groups in total. The second-order valence-corrected chi connectivity index (χ2v) is 3.14. The van der Waals surface area contributed by atoms with Gasteiger partial charge >= 0.3 is 17.9 Å². The first-order chi connectivity index (χ1) is 8.99. The molecule has 0 atom stereocenters. The van der Waals surface area contributed by atoms with Crippen LogP contribution < -0.4 is 20.1 Å². The molecule has 1 aromatic rings. The summed E-state index contributed by atoms with van der Waals surface area (Å²) in [7, 11) is 2.61. The third-order valence-corrected chi connectivity index (χ3v) is 1.96. The molecule has 0 aliphatic rings. The van der Waals surface area contributed by atoms with Gasteiger partial charge in [0.2, 0.25) is 11.5 Å². The fraction of sp³-hybridized carbons (Fsp3) is 0.200. The Morgan fingerprint density at radius 1 is 1.11 bits per heavy atom. The predicted octanol–water partition coefficient (Wildman–Crippen LogP) is 1.03. The molecular formula is C10H11N3O6. The number of nitro groups is 1. The van der Waals surface area contributed by atoms with Crippen molar-refractivity contribution >= 4 is 17.9 Å². The lowest BCUT2D eigenvalue weighted by molar-refractivity contribution is -0.386. The molecule has 0 heterocycles. The molecule has 1 aromatic carbocycles. The van der Waals surface area contributed by atoms with Crippen LogP contribution in [0.1, 0.15) is 0 Å². The monoisotopic (exact) mass is 269 g/mol. The van der Waals surface area contributed by atoms with Crippen molar-refractivity contribution in [1.29, 1.82) is 0 Å². The van der Waals surface area contributed by atoms with Crippen LogP contribution in [0.5, 0.6) is 11.5 Å². The van der Waals surface area contributed by atoms with Crippen LogP contribution in [0.2, 0.25) is 0 Å². The number of carbonyl (C=O) groups is 2. The first-order valence-electron chi connectivity index (χ1n) is 5.06. The number of benzene rings is 1. The van der Waals surface area contributed by atoms with Gasteiger partial charge in [0.1, 0.15) is 0 Å². The topological polar surface area (TPSA) is 120 Å². The smallest absolute Gasteiger partial charge is 0.403 e. The number of rotatable bonds is 3. The summed E-state index contributed by atoms with van der Waals surface area (Å²) in [6.07, 6.45) is -1.75. The maximum Gasteiger partial charge on any atom is 0.412 e. The minimum absolute atomic E-state index is 0.328. The number of nitrogens with zero attached hydrogens (tertiary/aromatic N) is 1. The number of ether oxygens (including phenoxy) is 2. The fourth-order valence-corrected chi connectivity index (χ4v) is 1.15. The molecule has 0 aliphatic carbocycles. The highest BCUT2D eigenvalue weighted by atomic mass is 16.6. The summed E-state index contributed by atoms with van der Waals surface area (Å²) < 4.78 is 9.42. The molecule has 2 amide bonds. The van der Waals surface area contributed by atoms with Crippen LogP contribution in [0, 0.1) is 10.1 Å². The Labute approximate surface area is 107 Å². The molecule has 9 heteroatoms. The number of carbonyl (C=O) groups excluding carboxylic acids is 2. The predicted molar refractivity (Wildman–Crippen MR) is 63.3 cm³/mol. The highest BCUT2D eigenvalue weighted by molar-refractivity contribution is 5.75. The Morgan fingerprint density at radius 2 is 1.53 bits per heavy atom. The van der Waals surface area contributed by atoms with E-state index in [1.807, 2.05) is 0 Å². The molecule has 0 saturated carbocycles. The highest BCUT2D eigenvalue weighted by Crippen LogP contribution is 2.36. The van der Waals surface area contributed by atoms with Crippen molar-refractivity contribution in [2.75, 3.05) is 14.1 Å². The molecule has 1 rings (SSSR count). The van der Waals surface area contributed by atoms with Crippen molar-refractivity contribution < 1.29 is 24.0 Å². The lowest BCUT2D eigenvalue weighted by Crippen LogP contribution is -2.24. The van der Waals surface area contributed by atoms with Gasteiger partial charge in [-0.15, -0.1) is 0 Å². The second-order valence-electron chi connectivity index (χ2n) is 3.14. The van der Waals surface area contributed by atoms with Gasteiger partial charge in [0.05, 0.1) is 4.92 Å². The fourth-order valence-electron chi connectivity index (χ4n) is 1.15. The maximum atomic E-state index is 11.1. The molecule has 0 aliphatic heterocycles. The molecule has 0 aromatic heterocycles. The van der Waals surface area contributed by atoms with E-state index < -0.39 is 22.8 Å². The average molecular weight is 269 g/mol. The number of amides is 2. The Kier molecular flexibility index (Phi) is 4.63. The van der Waals surface area contributed by atoms with Crippen LogP contribution in [0.3, 0.4) is 0 Å². The van der Waals surface area contributed by atoms with E-state index in [0.717, 1.165) is 0 Å². The van der Waals surface area contributed by atoms with E-state index in [2.05, 4.69) is 10.6 Å². The van der Waals surface area contributed by atoms with Crippen LogP contribution in [-0.2, 0) is 0 Å². The van der Waals surface area contributed by atoms with Gasteiger partial charge in [0.15, 0.2) is 0 Å². The van der Waals surface area contributed by atoms with Gasteiger partial charge in [-0.05, 0) is 12.1 Å². The van der Waals surface area contributed by atoms with Crippen molar-refractivity contribution in [2.45, 2.75) is 0 Å². The van der Waals surface area contributed by atoms with Gasteiger partial charge in [-0.3, -0.25) is 10.1 Å². The molecule has 9 nitrogen and oxygen atoms in total. The first-order valence-corrected chi connectivity index (χ1v) is 5.06. The molecule has 0 bridgehead atoms. The molecule has 0 unspecified atom stereocenters. The van der Waals surface area contributed by atoms with E-state index in [9.17, 15) is 19.7 Å². The van der Waals surface area contributed by atoms with Gasteiger partial charge in [-0.2, -0.15) is 0 Å². The number of nitro benzene ring substituents is 1. The van der Waals surface area contributed by atoms with E-state index >= 15 is 0 Å². The Bertz CT molecular complexity index is 480. The lowest BCUT2D eigenvalue weighted by Gasteiger charge is -2.08. The summed E-state index contributed by atoms with van der Waals surface area (Å²) in [5.74, 6) is -0.656. The zero-order valence-electron chi connectivity index (χ0n) is 10.1. The number of nitrogens with one attached hydrogen (secondary N) is 2. The zero-order valence-corrected chi connectivity index (χ0v) is 10.1. The summed E-state index contributed by atoms with van der Waals surface area (Å²) in [5.41, 5.74) is -0.616. The summed E-state index contributed by atoms with van der Waals surface area (Å²) >= 11 is 0. The van der Waals surface area contributed by atoms with E-state index in [4.69, 9.17) is 9.47 Å². The van der Waals surface area contributed by atoms with E-state index in [-0.39, 0.29) is 11.5 Å². The van der Waals surface area contributed by atoms with Crippen molar-refractivity contribution in [2.24, 2.45) is 0 Å². The molecule has 0 spiro atoms. The first kappa shape index (κ1) is 14.2. The van der Waals surface area contributed by atoms with Crippen molar-refractivity contribution in [3.63, 3.8) is 0 Å². The third kappa shape index (κ3) is 3.56. The Morgan fingerprint density at radius 3 is 1.84 bits per heavy atom. The van der Waals surface area contributed by atoms with Gasteiger partial charge < -0.3 is 20.1 Å². The molecule has 0 fully saturated rings. The van der Waals surface area contributed by atoms with Crippen LogP contribution in [0.15, 0.2) is 18.2 Å². The minimum Gasteiger partial charge on any atom is -0.403 e. The molecule has 102 valence electrons. The molecule has 0 radical (unpaired) electrons. The summed E-state index contributed by atoms with van der Waals surface area (Å²) in [4.78, 5) is 32.3. The van der Waals surface area contributed by atoms with Gasteiger partial charge in [-0.1, -0.05) is 6.07 Å². The van der Waals surface area contributed by atoms with Crippen molar-refractivity contribution in [3.05, 3.63) is 28.3 Å². The molecular weight excluding hydrogens is 258 g/mol. The molecule has 19 heavy (non-hydrogen) atoms. The van der Waals surface area contributed by atoms with E-state index in [1.165, 1.54) is 32.3 Å². The SMILES string of the molecule is CNC(=O)Oc1cccc(OC(=O)NC)c1[N+](=O)[O-].